The molecule has 1 aromatic heterocycles. The van der Waals surface area contributed by atoms with Gasteiger partial charge in [-0.05, 0) is 46.8 Å². The number of anilines is 1. The van der Waals surface area contributed by atoms with Crippen LogP contribution in [0.5, 0.6) is 0 Å². The van der Waals surface area contributed by atoms with E-state index in [-0.39, 0.29) is 11.1 Å². The Hall–Kier alpha value is -1.22. The van der Waals surface area contributed by atoms with Gasteiger partial charge in [0.15, 0.2) is 14.9 Å². The average molecular weight is 425 g/mol. The zero-order valence-electron chi connectivity index (χ0n) is 18.5. The maximum atomic E-state index is 12.5. The second-order valence-electron chi connectivity index (χ2n) is 9.34. The van der Waals surface area contributed by atoms with Crippen LogP contribution in [0.2, 0.25) is 0 Å². The van der Waals surface area contributed by atoms with E-state index in [1.165, 1.54) is 0 Å². The highest BCUT2D eigenvalue weighted by molar-refractivity contribution is 7.92. The first-order chi connectivity index (χ1) is 13.6. The summed E-state index contributed by atoms with van der Waals surface area (Å²) < 4.78 is 30.2. The Morgan fingerprint density at radius 3 is 2.38 bits per heavy atom. The molecule has 1 atom stereocenters. The third-order valence-electron chi connectivity index (χ3n) is 5.90. The fourth-order valence-electron chi connectivity index (χ4n) is 3.83. The standard InChI is InChI=1S/C21H36N4O3S/c1-17(2)25-12-13-28-19(16-25)15-23-8-10-24(11-9-23)18-6-7-20(22-14-18)29(26,27)21(3,4)5/h6-7,14,17,19H,8-13,15-16H2,1-5H3. The number of ether oxygens (including phenoxy) is 1. The molecule has 0 aliphatic carbocycles. The van der Waals surface area contributed by atoms with Crippen molar-refractivity contribution in [2.24, 2.45) is 0 Å². The monoisotopic (exact) mass is 424 g/mol. The van der Waals surface area contributed by atoms with Crippen LogP contribution in [0.25, 0.3) is 0 Å². The van der Waals surface area contributed by atoms with Gasteiger partial charge in [-0.15, -0.1) is 0 Å². The molecule has 3 heterocycles. The van der Waals surface area contributed by atoms with Crippen molar-refractivity contribution in [3.8, 4) is 0 Å². The van der Waals surface area contributed by atoms with Crippen LogP contribution in [-0.4, -0.2) is 92.5 Å². The SMILES string of the molecule is CC(C)N1CCOC(CN2CCN(c3ccc(S(=O)(=O)C(C)(C)C)nc3)CC2)C1. The molecule has 0 spiro atoms. The first-order valence-corrected chi connectivity index (χ1v) is 12.1. The molecule has 29 heavy (non-hydrogen) atoms. The van der Waals surface area contributed by atoms with Crippen LogP contribution in [0.3, 0.4) is 0 Å². The van der Waals surface area contributed by atoms with Gasteiger partial charge in [0.1, 0.15) is 0 Å². The Kier molecular flexibility index (Phi) is 6.88. The maximum absolute atomic E-state index is 12.5. The Bertz CT molecular complexity index is 766. The van der Waals surface area contributed by atoms with Gasteiger partial charge in [-0.1, -0.05) is 0 Å². The van der Waals surface area contributed by atoms with Crippen molar-refractivity contribution in [1.82, 2.24) is 14.8 Å². The highest BCUT2D eigenvalue weighted by atomic mass is 32.2. The summed E-state index contributed by atoms with van der Waals surface area (Å²) in [5, 5.41) is 0.150. The van der Waals surface area contributed by atoms with Crippen molar-refractivity contribution in [3.05, 3.63) is 18.3 Å². The molecule has 2 aliphatic rings. The van der Waals surface area contributed by atoms with E-state index in [1.807, 2.05) is 6.07 Å². The summed E-state index contributed by atoms with van der Waals surface area (Å²) >= 11 is 0. The molecule has 1 aromatic rings. The number of piperazine rings is 1. The lowest BCUT2D eigenvalue weighted by Gasteiger charge is -2.40. The highest BCUT2D eigenvalue weighted by Crippen LogP contribution is 2.25. The fraction of sp³-hybridized carbons (Fsp3) is 0.762. The normalized spacial score (nSPS) is 23.0. The Balaban J connectivity index is 1.53. The van der Waals surface area contributed by atoms with Gasteiger partial charge in [-0.25, -0.2) is 13.4 Å². The molecule has 8 heteroatoms. The van der Waals surface area contributed by atoms with E-state index in [1.54, 1.807) is 33.0 Å². The van der Waals surface area contributed by atoms with Gasteiger partial charge in [-0.2, -0.15) is 0 Å². The molecule has 0 aromatic carbocycles. The molecule has 2 fully saturated rings. The van der Waals surface area contributed by atoms with E-state index in [0.29, 0.717) is 6.04 Å². The number of pyridine rings is 1. The highest BCUT2D eigenvalue weighted by Gasteiger charge is 2.32. The summed E-state index contributed by atoms with van der Waals surface area (Å²) in [6.45, 7) is 17.2. The van der Waals surface area contributed by atoms with E-state index in [4.69, 9.17) is 4.74 Å². The Labute approximate surface area is 175 Å². The zero-order valence-corrected chi connectivity index (χ0v) is 19.3. The second kappa shape index (κ2) is 8.88. The Morgan fingerprint density at radius 1 is 1.14 bits per heavy atom. The lowest BCUT2D eigenvalue weighted by molar-refractivity contribution is -0.0525. The maximum Gasteiger partial charge on any atom is 0.200 e. The van der Waals surface area contributed by atoms with Crippen LogP contribution in [-0.2, 0) is 14.6 Å². The molecule has 3 rings (SSSR count). The predicted molar refractivity (Wildman–Crippen MR) is 116 cm³/mol. The first kappa shape index (κ1) is 22.5. The van der Waals surface area contributed by atoms with E-state index >= 15 is 0 Å². The minimum Gasteiger partial charge on any atom is -0.374 e. The predicted octanol–water partition coefficient (Wildman–Crippen LogP) is 1.89. The minimum absolute atomic E-state index is 0.150. The van der Waals surface area contributed by atoms with Gasteiger partial charge in [0.2, 0.25) is 0 Å². The van der Waals surface area contributed by atoms with Gasteiger partial charge in [0.05, 0.1) is 29.3 Å². The number of rotatable bonds is 5. The number of morpholine rings is 1. The molecular formula is C21H36N4O3S. The van der Waals surface area contributed by atoms with Crippen LogP contribution in [0.15, 0.2) is 23.4 Å². The average Bonchev–Trinajstić information content (AvgIpc) is 2.68. The summed E-state index contributed by atoms with van der Waals surface area (Å²) in [7, 11) is -3.42. The molecule has 0 bridgehead atoms. The third-order valence-corrected chi connectivity index (χ3v) is 8.31. The quantitative estimate of drug-likeness (QED) is 0.715. The van der Waals surface area contributed by atoms with Crippen LogP contribution in [0.4, 0.5) is 5.69 Å². The molecule has 0 N–H and O–H groups in total. The second-order valence-corrected chi connectivity index (χ2v) is 12.0. The van der Waals surface area contributed by atoms with E-state index in [9.17, 15) is 8.42 Å². The van der Waals surface area contributed by atoms with Gasteiger partial charge in [0.25, 0.3) is 0 Å². The fourth-order valence-corrected chi connectivity index (χ4v) is 4.90. The molecule has 0 amide bonds. The number of nitrogens with zero attached hydrogens (tertiary/aromatic N) is 4. The number of hydrogen-bond acceptors (Lipinski definition) is 7. The number of aromatic nitrogens is 1. The van der Waals surface area contributed by atoms with Crippen LogP contribution in [0.1, 0.15) is 34.6 Å². The van der Waals surface area contributed by atoms with Gasteiger partial charge >= 0.3 is 0 Å². The van der Waals surface area contributed by atoms with Gasteiger partial charge in [0, 0.05) is 51.9 Å². The van der Waals surface area contributed by atoms with E-state index < -0.39 is 14.6 Å². The topological polar surface area (TPSA) is 66.0 Å². The van der Waals surface area contributed by atoms with E-state index in [2.05, 4.69) is 33.5 Å². The minimum atomic E-state index is -3.42. The summed E-state index contributed by atoms with van der Waals surface area (Å²) in [5.74, 6) is 0. The van der Waals surface area contributed by atoms with Crippen LogP contribution >= 0.6 is 0 Å². The van der Waals surface area contributed by atoms with Gasteiger partial charge in [-0.3, -0.25) is 9.80 Å². The molecule has 2 aliphatic heterocycles. The largest absolute Gasteiger partial charge is 0.374 e. The summed E-state index contributed by atoms with van der Waals surface area (Å²) in [4.78, 5) is 11.5. The van der Waals surface area contributed by atoms with Crippen molar-refractivity contribution in [1.29, 1.82) is 0 Å². The molecular weight excluding hydrogens is 388 g/mol. The first-order valence-electron chi connectivity index (χ1n) is 10.6. The summed E-state index contributed by atoms with van der Waals surface area (Å²) in [6.07, 6.45) is 1.97. The lowest BCUT2D eigenvalue weighted by atomic mass is 10.2. The smallest absolute Gasteiger partial charge is 0.200 e. The van der Waals surface area contributed by atoms with E-state index in [0.717, 1.165) is 58.1 Å². The Morgan fingerprint density at radius 2 is 1.83 bits per heavy atom. The molecule has 0 radical (unpaired) electrons. The molecule has 2 saturated heterocycles. The number of sulfone groups is 1. The van der Waals surface area contributed by atoms with Gasteiger partial charge < -0.3 is 9.64 Å². The zero-order chi connectivity index (χ0) is 21.2. The van der Waals surface area contributed by atoms with Crippen molar-refractivity contribution in [2.75, 3.05) is 57.3 Å². The molecule has 164 valence electrons. The van der Waals surface area contributed by atoms with Crippen LogP contribution < -0.4 is 4.90 Å². The number of hydrogen-bond donors (Lipinski definition) is 0. The molecule has 7 nitrogen and oxygen atoms in total. The summed E-state index contributed by atoms with van der Waals surface area (Å²) in [6, 6.07) is 4.08. The van der Waals surface area contributed by atoms with Crippen molar-refractivity contribution < 1.29 is 13.2 Å². The van der Waals surface area contributed by atoms with Crippen molar-refractivity contribution in [2.45, 2.75) is 56.5 Å². The summed E-state index contributed by atoms with van der Waals surface area (Å²) in [5.41, 5.74) is 0.984. The third kappa shape index (κ3) is 5.29. The molecule has 1 unspecified atom stereocenters. The van der Waals surface area contributed by atoms with Crippen LogP contribution in [0, 0.1) is 0 Å². The lowest BCUT2D eigenvalue weighted by Crippen LogP contribution is -2.53. The van der Waals surface area contributed by atoms with Crippen molar-refractivity contribution in [3.63, 3.8) is 0 Å². The molecule has 0 saturated carbocycles. The van der Waals surface area contributed by atoms with Crippen molar-refractivity contribution >= 4 is 15.5 Å².